The van der Waals surface area contributed by atoms with Gasteiger partial charge in [0.2, 0.25) is 0 Å². The maximum Gasteiger partial charge on any atom is 0.193 e. The summed E-state index contributed by atoms with van der Waals surface area (Å²) in [5.41, 5.74) is 3.64. The summed E-state index contributed by atoms with van der Waals surface area (Å²) >= 11 is 5.81. The number of hydrogen-bond acceptors (Lipinski definition) is 4. The van der Waals surface area contributed by atoms with Crippen LogP contribution in [0.25, 0.3) is 0 Å². The first-order valence-electron chi connectivity index (χ1n) is 6.08. The Morgan fingerprint density at radius 3 is 2.53 bits per heavy atom. The van der Waals surface area contributed by atoms with Crippen LogP contribution in [0.4, 0.5) is 0 Å². The monoisotopic (exact) mass is 280 g/mol. The minimum atomic E-state index is -0.303. The van der Waals surface area contributed by atoms with Gasteiger partial charge in [-0.25, -0.2) is 5.43 Å². The van der Waals surface area contributed by atoms with Gasteiger partial charge in [-0.05, 0) is 43.6 Å². The standard InChI is InChI=1S/C14H17ClN2O2/c1-9(2)18-11-6-4-3-5-10(11)14(17-16)12-7-8-13(15)19-12/h3-9,14,17H,16H2,1-2H3. The third kappa shape index (κ3) is 3.29. The van der Waals surface area contributed by atoms with Gasteiger partial charge in [0, 0.05) is 5.56 Å². The van der Waals surface area contributed by atoms with Crippen molar-refractivity contribution in [1.82, 2.24) is 5.43 Å². The van der Waals surface area contributed by atoms with Crippen LogP contribution in [0, 0.1) is 0 Å². The van der Waals surface area contributed by atoms with Crippen LogP contribution in [-0.4, -0.2) is 6.10 Å². The molecule has 0 aliphatic heterocycles. The van der Waals surface area contributed by atoms with Crippen molar-refractivity contribution >= 4 is 11.6 Å². The first-order chi connectivity index (χ1) is 9.11. The molecule has 0 aliphatic carbocycles. The Morgan fingerprint density at radius 1 is 1.21 bits per heavy atom. The van der Waals surface area contributed by atoms with Crippen LogP contribution in [-0.2, 0) is 0 Å². The molecular weight excluding hydrogens is 264 g/mol. The summed E-state index contributed by atoms with van der Waals surface area (Å²) in [6.07, 6.45) is 0.0831. The number of ether oxygens (including phenoxy) is 1. The molecule has 1 aromatic heterocycles. The van der Waals surface area contributed by atoms with Gasteiger partial charge in [-0.15, -0.1) is 0 Å². The van der Waals surface area contributed by atoms with Crippen LogP contribution in [0.3, 0.4) is 0 Å². The van der Waals surface area contributed by atoms with E-state index in [1.54, 1.807) is 12.1 Å². The second-order valence-corrected chi connectivity index (χ2v) is 4.82. The van der Waals surface area contributed by atoms with E-state index in [9.17, 15) is 0 Å². The van der Waals surface area contributed by atoms with Crippen molar-refractivity contribution in [3.05, 3.63) is 52.9 Å². The van der Waals surface area contributed by atoms with Gasteiger partial charge >= 0.3 is 0 Å². The molecule has 1 aromatic carbocycles. The highest BCUT2D eigenvalue weighted by atomic mass is 35.5. The Bertz CT molecular complexity index is 540. The Labute approximate surface area is 117 Å². The molecule has 0 saturated heterocycles. The lowest BCUT2D eigenvalue weighted by molar-refractivity contribution is 0.237. The number of nitrogens with one attached hydrogen (secondary N) is 1. The molecule has 0 saturated carbocycles. The van der Waals surface area contributed by atoms with Gasteiger partial charge in [-0.3, -0.25) is 5.84 Å². The molecule has 0 amide bonds. The van der Waals surface area contributed by atoms with Crippen LogP contribution in [0.2, 0.25) is 5.22 Å². The maximum absolute atomic E-state index is 5.81. The SMILES string of the molecule is CC(C)Oc1ccccc1C(NN)c1ccc(Cl)o1. The minimum absolute atomic E-state index is 0.0831. The highest BCUT2D eigenvalue weighted by Crippen LogP contribution is 2.31. The number of halogens is 1. The van der Waals surface area contributed by atoms with Gasteiger partial charge in [0.25, 0.3) is 0 Å². The fraction of sp³-hybridized carbons (Fsp3) is 0.286. The van der Waals surface area contributed by atoms with Gasteiger partial charge in [-0.1, -0.05) is 18.2 Å². The molecule has 0 aliphatic rings. The van der Waals surface area contributed by atoms with Crippen molar-refractivity contribution in [2.75, 3.05) is 0 Å². The van der Waals surface area contributed by atoms with E-state index in [4.69, 9.17) is 26.6 Å². The lowest BCUT2D eigenvalue weighted by Gasteiger charge is -2.19. The van der Waals surface area contributed by atoms with E-state index in [1.807, 2.05) is 38.1 Å². The number of hydrogen-bond donors (Lipinski definition) is 2. The normalized spacial score (nSPS) is 12.7. The van der Waals surface area contributed by atoms with Crippen molar-refractivity contribution in [1.29, 1.82) is 0 Å². The molecule has 1 atom stereocenters. The summed E-state index contributed by atoms with van der Waals surface area (Å²) < 4.78 is 11.2. The second kappa shape index (κ2) is 6.10. The maximum atomic E-state index is 5.81. The summed E-state index contributed by atoms with van der Waals surface area (Å²) in [5, 5.41) is 0.331. The number of nitrogens with two attached hydrogens (primary N) is 1. The topological polar surface area (TPSA) is 60.4 Å². The van der Waals surface area contributed by atoms with Crippen molar-refractivity contribution in [3.63, 3.8) is 0 Å². The highest BCUT2D eigenvalue weighted by Gasteiger charge is 2.20. The average molecular weight is 281 g/mol. The summed E-state index contributed by atoms with van der Waals surface area (Å²) in [6.45, 7) is 3.96. The zero-order valence-electron chi connectivity index (χ0n) is 10.9. The molecule has 0 radical (unpaired) electrons. The van der Waals surface area contributed by atoms with Crippen LogP contribution in [0.1, 0.15) is 31.2 Å². The van der Waals surface area contributed by atoms with Crippen LogP contribution in [0.5, 0.6) is 5.75 Å². The highest BCUT2D eigenvalue weighted by molar-refractivity contribution is 6.28. The Hall–Kier alpha value is -1.49. The third-order valence-corrected chi connectivity index (χ3v) is 2.84. The number of furan rings is 1. The number of hydrazine groups is 1. The molecule has 102 valence electrons. The van der Waals surface area contributed by atoms with E-state index in [0.29, 0.717) is 11.0 Å². The quantitative estimate of drug-likeness (QED) is 0.652. The smallest absolute Gasteiger partial charge is 0.193 e. The second-order valence-electron chi connectivity index (χ2n) is 4.45. The summed E-state index contributed by atoms with van der Waals surface area (Å²) in [7, 11) is 0. The summed E-state index contributed by atoms with van der Waals surface area (Å²) in [5.74, 6) is 7.05. The summed E-state index contributed by atoms with van der Waals surface area (Å²) in [6, 6.07) is 10.9. The van der Waals surface area contributed by atoms with Crippen molar-refractivity contribution in [2.45, 2.75) is 26.0 Å². The van der Waals surface area contributed by atoms with E-state index in [0.717, 1.165) is 11.3 Å². The molecule has 1 heterocycles. The van der Waals surface area contributed by atoms with Gasteiger partial charge in [-0.2, -0.15) is 0 Å². The largest absolute Gasteiger partial charge is 0.491 e. The van der Waals surface area contributed by atoms with E-state index >= 15 is 0 Å². The molecular formula is C14H17ClN2O2. The van der Waals surface area contributed by atoms with Gasteiger partial charge in [0.15, 0.2) is 5.22 Å². The predicted molar refractivity (Wildman–Crippen MR) is 75.1 cm³/mol. The van der Waals surface area contributed by atoms with Gasteiger partial charge in [0.1, 0.15) is 17.6 Å². The van der Waals surface area contributed by atoms with Crippen LogP contribution in [0.15, 0.2) is 40.8 Å². The minimum Gasteiger partial charge on any atom is -0.491 e. The molecule has 5 heteroatoms. The van der Waals surface area contributed by atoms with Gasteiger partial charge in [0.05, 0.1) is 6.10 Å². The zero-order valence-corrected chi connectivity index (χ0v) is 11.6. The molecule has 3 N–H and O–H groups in total. The Kier molecular flexibility index (Phi) is 4.47. The Morgan fingerprint density at radius 2 is 1.95 bits per heavy atom. The third-order valence-electron chi connectivity index (χ3n) is 2.64. The van der Waals surface area contributed by atoms with E-state index in [1.165, 1.54) is 0 Å². The number of para-hydroxylation sites is 1. The molecule has 0 fully saturated rings. The molecule has 1 unspecified atom stereocenters. The number of rotatable bonds is 5. The van der Waals surface area contributed by atoms with E-state index < -0.39 is 0 Å². The molecule has 2 rings (SSSR count). The molecule has 4 nitrogen and oxygen atoms in total. The molecule has 0 bridgehead atoms. The lowest BCUT2D eigenvalue weighted by Crippen LogP contribution is -2.29. The number of benzene rings is 1. The van der Waals surface area contributed by atoms with Gasteiger partial charge < -0.3 is 9.15 Å². The average Bonchev–Trinajstić information content (AvgIpc) is 2.78. The van der Waals surface area contributed by atoms with E-state index in [-0.39, 0.29) is 12.1 Å². The van der Waals surface area contributed by atoms with Crippen molar-refractivity contribution in [3.8, 4) is 5.75 Å². The van der Waals surface area contributed by atoms with Crippen molar-refractivity contribution in [2.24, 2.45) is 5.84 Å². The molecule has 2 aromatic rings. The van der Waals surface area contributed by atoms with Crippen LogP contribution < -0.4 is 16.0 Å². The first-order valence-corrected chi connectivity index (χ1v) is 6.46. The fourth-order valence-corrected chi connectivity index (χ4v) is 2.04. The zero-order chi connectivity index (χ0) is 13.8. The Balaban J connectivity index is 2.38. The first kappa shape index (κ1) is 13.9. The van der Waals surface area contributed by atoms with E-state index in [2.05, 4.69) is 5.43 Å². The summed E-state index contributed by atoms with van der Waals surface area (Å²) in [4.78, 5) is 0. The molecule has 0 spiro atoms. The predicted octanol–water partition coefficient (Wildman–Crippen LogP) is 3.27. The lowest BCUT2D eigenvalue weighted by atomic mass is 10.0. The van der Waals surface area contributed by atoms with Crippen LogP contribution >= 0.6 is 11.6 Å². The fourth-order valence-electron chi connectivity index (χ4n) is 1.89. The van der Waals surface area contributed by atoms with Crippen molar-refractivity contribution < 1.29 is 9.15 Å². The molecule has 19 heavy (non-hydrogen) atoms.